The fourth-order valence-electron chi connectivity index (χ4n) is 2.61. The molecule has 0 saturated carbocycles. The Bertz CT molecular complexity index is 598. The number of carbonyl (C=O) groups is 1. The number of aryl methyl sites for hydroxylation is 1. The molecule has 0 radical (unpaired) electrons. The topological polar surface area (TPSA) is 33.0 Å². The average Bonchev–Trinajstić information content (AvgIpc) is 2.52. The quantitative estimate of drug-likeness (QED) is 0.808. The lowest BCUT2D eigenvalue weighted by Gasteiger charge is -2.11. The number of hydrogen-bond acceptors (Lipinski definition) is 1. The van der Waals surface area contributed by atoms with Gasteiger partial charge in [0.05, 0.1) is 0 Å². The van der Waals surface area contributed by atoms with Gasteiger partial charge in [-0.3, -0.25) is 4.79 Å². The van der Waals surface area contributed by atoms with Crippen LogP contribution in [0.4, 0.5) is 5.69 Å². The normalized spacial score (nSPS) is 10.7. The van der Waals surface area contributed by atoms with Crippen molar-refractivity contribution in [2.75, 3.05) is 5.32 Å². The zero-order valence-corrected chi connectivity index (χ0v) is 13.7. The number of benzene rings is 1. The number of hydrogen-bond donors (Lipinski definition) is 1. The molecule has 1 aromatic carbocycles. The molecule has 0 aliphatic rings. The molecule has 1 aromatic heterocycles. The first-order valence-corrected chi connectivity index (χ1v) is 7.98. The van der Waals surface area contributed by atoms with E-state index in [4.69, 9.17) is 0 Å². The van der Waals surface area contributed by atoms with Crippen molar-refractivity contribution in [3.63, 3.8) is 0 Å². The SMILES string of the molecule is CCC(CC)c1cc[n+](CC(=O)Nc2ccc(C)cc2)cc1. The van der Waals surface area contributed by atoms with Crippen molar-refractivity contribution < 1.29 is 9.36 Å². The standard InChI is InChI=1S/C19H24N2O/c1-4-16(5-2)17-10-12-21(13-11-17)14-19(22)20-18-8-6-15(3)7-9-18/h6-13,16H,4-5,14H2,1-3H3/p+1. The minimum absolute atomic E-state index is 0.0101. The zero-order valence-electron chi connectivity index (χ0n) is 13.7. The van der Waals surface area contributed by atoms with E-state index in [-0.39, 0.29) is 5.91 Å². The summed E-state index contributed by atoms with van der Waals surface area (Å²) < 4.78 is 1.91. The lowest BCUT2D eigenvalue weighted by molar-refractivity contribution is -0.684. The molecule has 0 spiro atoms. The number of rotatable bonds is 6. The fourth-order valence-corrected chi connectivity index (χ4v) is 2.61. The van der Waals surface area contributed by atoms with Crippen molar-refractivity contribution in [2.45, 2.75) is 46.1 Å². The molecule has 0 unspecified atom stereocenters. The molecule has 3 nitrogen and oxygen atoms in total. The second kappa shape index (κ2) is 7.74. The number of carbonyl (C=O) groups excluding carboxylic acids is 1. The molecule has 0 saturated heterocycles. The molecule has 0 aliphatic carbocycles. The summed E-state index contributed by atoms with van der Waals surface area (Å²) in [4.78, 5) is 12.1. The molecule has 3 heteroatoms. The summed E-state index contributed by atoms with van der Waals surface area (Å²) in [6.07, 6.45) is 6.27. The van der Waals surface area contributed by atoms with Gasteiger partial charge in [0.15, 0.2) is 12.4 Å². The highest BCUT2D eigenvalue weighted by atomic mass is 16.1. The van der Waals surface area contributed by atoms with Gasteiger partial charge in [-0.25, -0.2) is 0 Å². The van der Waals surface area contributed by atoms with E-state index in [2.05, 4.69) is 31.3 Å². The fraction of sp³-hybridized carbons (Fsp3) is 0.368. The summed E-state index contributed by atoms with van der Waals surface area (Å²) in [6.45, 7) is 6.79. The van der Waals surface area contributed by atoms with E-state index in [0.29, 0.717) is 12.5 Å². The van der Waals surface area contributed by atoms with E-state index in [1.165, 1.54) is 11.1 Å². The Morgan fingerprint density at radius 3 is 2.18 bits per heavy atom. The van der Waals surface area contributed by atoms with Gasteiger partial charge in [0.25, 0.3) is 5.91 Å². The monoisotopic (exact) mass is 297 g/mol. The van der Waals surface area contributed by atoms with Crippen molar-refractivity contribution in [3.05, 3.63) is 59.9 Å². The van der Waals surface area contributed by atoms with E-state index in [0.717, 1.165) is 18.5 Å². The maximum atomic E-state index is 12.1. The first-order chi connectivity index (χ1) is 10.6. The van der Waals surface area contributed by atoms with Crippen molar-refractivity contribution in [1.82, 2.24) is 0 Å². The lowest BCUT2D eigenvalue weighted by Crippen LogP contribution is -2.39. The molecule has 1 amide bonds. The summed E-state index contributed by atoms with van der Waals surface area (Å²) in [5, 5.41) is 2.92. The molecular weight excluding hydrogens is 272 g/mol. The zero-order chi connectivity index (χ0) is 15.9. The summed E-state index contributed by atoms with van der Waals surface area (Å²) in [6, 6.07) is 12.1. The van der Waals surface area contributed by atoms with Gasteiger partial charge in [-0.1, -0.05) is 31.5 Å². The second-order valence-electron chi connectivity index (χ2n) is 5.73. The van der Waals surface area contributed by atoms with E-state index >= 15 is 0 Å². The Kier molecular flexibility index (Phi) is 5.70. The molecule has 22 heavy (non-hydrogen) atoms. The largest absolute Gasteiger partial charge is 0.321 e. The smallest absolute Gasteiger partial charge is 0.290 e. The van der Waals surface area contributed by atoms with Gasteiger partial charge in [-0.15, -0.1) is 0 Å². The van der Waals surface area contributed by atoms with Gasteiger partial charge in [0.1, 0.15) is 0 Å². The maximum absolute atomic E-state index is 12.1. The molecule has 0 atom stereocenters. The Labute approximate surface area is 133 Å². The van der Waals surface area contributed by atoms with Crippen LogP contribution in [0, 0.1) is 6.92 Å². The first-order valence-electron chi connectivity index (χ1n) is 7.98. The van der Waals surface area contributed by atoms with E-state index in [1.54, 1.807) is 0 Å². The number of nitrogens with zero attached hydrogens (tertiary/aromatic N) is 1. The molecule has 0 aliphatic heterocycles. The summed E-state index contributed by atoms with van der Waals surface area (Å²) in [5.74, 6) is 0.597. The van der Waals surface area contributed by atoms with Crippen molar-refractivity contribution in [3.8, 4) is 0 Å². The van der Waals surface area contributed by atoms with Crippen LogP contribution in [0.15, 0.2) is 48.8 Å². The third-order valence-electron chi connectivity index (χ3n) is 4.04. The third-order valence-corrected chi connectivity index (χ3v) is 4.04. The molecule has 1 N–H and O–H groups in total. The van der Waals surface area contributed by atoms with E-state index < -0.39 is 0 Å². The Balaban J connectivity index is 1.95. The first kappa shape index (κ1) is 16.2. The van der Waals surface area contributed by atoms with Gasteiger partial charge in [-0.05, 0) is 43.4 Å². The number of amides is 1. The van der Waals surface area contributed by atoms with Crippen LogP contribution in [0.1, 0.15) is 43.7 Å². The van der Waals surface area contributed by atoms with E-state index in [9.17, 15) is 4.79 Å². The van der Waals surface area contributed by atoms with Crippen LogP contribution in [0.25, 0.3) is 0 Å². The van der Waals surface area contributed by atoms with Crippen molar-refractivity contribution in [1.29, 1.82) is 0 Å². The minimum atomic E-state index is -0.0101. The number of aromatic nitrogens is 1. The van der Waals surface area contributed by atoms with E-state index in [1.807, 2.05) is 48.1 Å². The van der Waals surface area contributed by atoms with Crippen LogP contribution in [0.2, 0.25) is 0 Å². The third kappa shape index (κ3) is 4.42. The Morgan fingerprint density at radius 1 is 1.05 bits per heavy atom. The summed E-state index contributed by atoms with van der Waals surface area (Å²) >= 11 is 0. The van der Waals surface area contributed by atoms with Crippen LogP contribution < -0.4 is 9.88 Å². The molecule has 116 valence electrons. The molecule has 0 bridgehead atoms. The van der Waals surface area contributed by atoms with Crippen LogP contribution in [0.5, 0.6) is 0 Å². The highest BCUT2D eigenvalue weighted by Crippen LogP contribution is 2.21. The molecule has 0 fully saturated rings. The maximum Gasteiger partial charge on any atom is 0.290 e. The highest BCUT2D eigenvalue weighted by Gasteiger charge is 2.12. The Hall–Kier alpha value is -2.16. The molecule has 1 heterocycles. The summed E-state index contributed by atoms with van der Waals surface area (Å²) in [5.41, 5.74) is 3.37. The van der Waals surface area contributed by atoms with Gasteiger partial charge < -0.3 is 5.32 Å². The van der Waals surface area contributed by atoms with Gasteiger partial charge >= 0.3 is 0 Å². The molecular formula is C19H25N2O+. The van der Waals surface area contributed by atoms with Crippen molar-refractivity contribution >= 4 is 11.6 Å². The number of nitrogens with one attached hydrogen (secondary N) is 1. The van der Waals surface area contributed by atoms with Gasteiger partial charge in [0.2, 0.25) is 6.54 Å². The van der Waals surface area contributed by atoms with Crippen LogP contribution in [0.3, 0.4) is 0 Å². The molecule has 2 rings (SSSR count). The van der Waals surface area contributed by atoms with Crippen LogP contribution in [-0.2, 0) is 11.3 Å². The Morgan fingerprint density at radius 2 is 1.64 bits per heavy atom. The average molecular weight is 297 g/mol. The number of pyridine rings is 1. The predicted octanol–water partition coefficient (Wildman–Crippen LogP) is 3.82. The van der Waals surface area contributed by atoms with Crippen LogP contribution >= 0.6 is 0 Å². The lowest BCUT2D eigenvalue weighted by atomic mass is 9.95. The van der Waals surface area contributed by atoms with Gasteiger partial charge in [-0.2, -0.15) is 4.57 Å². The van der Waals surface area contributed by atoms with Gasteiger partial charge in [0, 0.05) is 17.8 Å². The highest BCUT2D eigenvalue weighted by molar-refractivity contribution is 5.89. The second-order valence-corrected chi connectivity index (χ2v) is 5.73. The van der Waals surface area contributed by atoms with Crippen LogP contribution in [-0.4, -0.2) is 5.91 Å². The summed E-state index contributed by atoms with van der Waals surface area (Å²) in [7, 11) is 0. The minimum Gasteiger partial charge on any atom is -0.321 e. The van der Waals surface area contributed by atoms with Crippen molar-refractivity contribution in [2.24, 2.45) is 0 Å². The molecule has 2 aromatic rings. The number of anilines is 1. The predicted molar refractivity (Wildman–Crippen MR) is 89.8 cm³/mol.